The topological polar surface area (TPSA) is 74.9 Å². The lowest BCUT2D eigenvalue weighted by molar-refractivity contribution is -0.890. The summed E-state index contributed by atoms with van der Waals surface area (Å²) in [5.74, 6) is 0. The molecular weight excluding hydrogens is 328 g/mol. The van der Waals surface area contributed by atoms with Gasteiger partial charge < -0.3 is 14.6 Å². The number of quaternary nitrogens is 1. The number of benzene rings is 1. The summed E-state index contributed by atoms with van der Waals surface area (Å²) in [6.07, 6.45) is 1.90. The van der Waals surface area contributed by atoms with Crippen LogP contribution in [0.5, 0.6) is 0 Å². The van der Waals surface area contributed by atoms with Crippen molar-refractivity contribution in [3.05, 3.63) is 51.8 Å². The predicted molar refractivity (Wildman–Crippen MR) is 99.4 cm³/mol. The Bertz CT molecular complexity index is 1070. The van der Waals surface area contributed by atoms with Crippen LogP contribution in [0.3, 0.4) is 0 Å². The lowest BCUT2D eigenvalue weighted by Crippen LogP contribution is -3.11. The number of aliphatic hydroxyl groups is 1. The van der Waals surface area contributed by atoms with E-state index in [2.05, 4.69) is 6.07 Å². The molecule has 0 unspecified atom stereocenters. The Morgan fingerprint density at radius 3 is 2.65 bits per heavy atom. The normalized spacial score (nSPS) is 16.3. The van der Waals surface area contributed by atoms with Crippen LogP contribution in [-0.2, 0) is 6.54 Å². The van der Waals surface area contributed by atoms with Crippen LogP contribution in [0.25, 0.3) is 16.7 Å². The highest BCUT2D eigenvalue weighted by Gasteiger charge is 2.23. The minimum Gasteiger partial charge on any atom is -0.385 e. The van der Waals surface area contributed by atoms with E-state index in [0.29, 0.717) is 29.9 Å². The van der Waals surface area contributed by atoms with Crippen molar-refractivity contribution < 1.29 is 10.0 Å². The molecule has 1 aliphatic rings. The number of para-hydroxylation sites is 2. The summed E-state index contributed by atoms with van der Waals surface area (Å²) >= 11 is 0. The van der Waals surface area contributed by atoms with Crippen LogP contribution in [0.2, 0.25) is 0 Å². The van der Waals surface area contributed by atoms with Crippen LogP contribution >= 0.6 is 0 Å². The molecule has 2 N–H and O–H groups in total. The number of likely N-dealkylation sites (tertiary alicyclic amines) is 1. The molecule has 1 aliphatic heterocycles. The molecular formula is C20H23N4O2+. The third-order valence-electron chi connectivity index (χ3n) is 5.40. The van der Waals surface area contributed by atoms with Gasteiger partial charge in [-0.2, -0.15) is 5.26 Å². The number of aryl methyl sites for hydroxylation is 1. The van der Waals surface area contributed by atoms with E-state index in [0.717, 1.165) is 24.1 Å². The number of hydrogen-bond donors (Lipinski definition) is 2. The van der Waals surface area contributed by atoms with Crippen LogP contribution in [0.1, 0.15) is 24.0 Å². The summed E-state index contributed by atoms with van der Waals surface area (Å²) in [7, 11) is 0. The van der Waals surface area contributed by atoms with Crippen LogP contribution < -0.4 is 10.5 Å². The smallest absolute Gasteiger partial charge is 0.257 e. The fraction of sp³-hybridized carbons (Fsp3) is 0.400. The average molecular weight is 351 g/mol. The molecule has 6 heteroatoms. The van der Waals surface area contributed by atoms with Gasteiger partial charge in [0.25, 0.3) is 5.56 Å². The first-order chi connectivity index (χ1) is 12.6. The van der Waals surface area contributed by atoms with Gasteiger partial charge in [0.05, 0.1) is 36.2 Å². The maximum absolute atomic E-state index is 12.6. The largest absolute Gasteiger partial charge is 0.385 e. The third kappa shape index (κ3) is 2.70. The van der Waals surface area contributed by atoms with E-state index < -0.39 is 6.10 Å². The summed E-state index contributed by atoms with van der Waals surface area (Å²) < 4.78 is 3.53. The fourth-order valence-corrected chi connectivity index (χ4v) is 4.21. The minimum absolute atomic E-state index is 0.147. The third-order valence-corrected chi connectivity index (χ3v) is 5.40. The van der Waals surface area contributed by atoms with Crippen molar-refractivity contribution in [3.8, 4) is 6.07 Å². The number of nitriles is 1. The Morgan fingerprint density at radius 2 is 1.96 bits per heavy atom. The minimum atomic E-state index is -0.523. The molecule has 0 amide bonds. The number of nitrogens with zero attached hydrogens (tertiary/aromatic N) is 3. The number of rotatable bonds is 4. The van der Waals surface area contributed by atoms with Gasteiger partial charge in [0.2, 0.25) is 0 Å². The number of fused-ring (bicyclic) bond motifs is 3. The van der Waals surface area contributed by atoms with E-state index >= 15 is 0 Å². The number of aromatic nitrogens is 2. The van der Waals surface area contributed by atoms with E-state index in [1.807, 2.05) is 28.8 Å². The van der Waals surface area contributed by atoms with E-state index in [1.54, 1.807) is 11.3 Å². The average Bonchev–Trinajstić information content (AvgIpc) is 3.22. The molecule has 0 radical (unpaired) electrons. The lowest BCUT2D eigenvalue weighted by atomic mass is 10.1. The molecule has 1 saturated heterocycles. The Hall–Kier alpha value is -2.62. The SMILES string of the molecule is Cc1cc(=O)n2c3ccccc3n(C[C@@H](O)C[NH+]3CCCC3)c2c1C#N. The Morgan fingerprint density at radius 1 is 1.27 bits per heavy atom. The van der Waals surface area contributed by atoms with E-state index in [1.165, 1.54) is 23.8 Å². The molecule has 1 fully saturated rings. The van der Waals surface area contributed by atoms with Gasteiger partial charge in [0.15, 0.2) is 0 Å². The molecule has 3 aromatic rings. The Labute approximate surface area is 151 Å². The summed E-state index contributed by atoms with van der Waals surface area (Å²) in [6.45, 7) is 5.06. The van der Waals surface area contributed by atoms with Crippen molar-refractivity contribution in [1.29, 1.82) is 5.26 Å². The Balaban J connectivity index is 1.89. The quantitative estimate of drug-likeness (QED) is 0.718. The van der Waals surface area contributed by atoms with Crippen molar-refractivity contribution >= 4 is 16.7 Å². The first kappa shape index (κ1) is 16.8. The molecule has 0 bridgehead atoms. The van der Waals surface area contributed by atoms with Gasteiger partial charge in [-0.3, -0.25) is 9.20 Å². The Kier molecular flexibility index (Phi) is 4.27. The van der Waals surface area contributed by atoms with Gasteiger partial charge in [-0.05, 0) is 24.6 Å². The summed E-state index contributed by atoms with van der Waals surface area (Å²) in [5, 5.41) is 20.4. The zero-order chi connectivity index (χ0) is 18.3. The maximum Gasteiger partial charge on any atom is 0.257 e. The van der Waals surface area contributed by atoms with Gasteiger partial charge in [0.1, 0.15) is 24.4 Å². The molecule has 0 saturated carbocycles. The first-order valence-corrected chi connectivity index (χ1v) is 9.15. The number of aliphatic hydroxyl groups excluding tert-OH is 1. The summed E-state index contributed by atoms with van der Waals surface area (Å²) in [5.41, 5.74) is 3.22. The van der Waals surface area contributed by atoms with Crippen molar-refractivity contribution in [2.45, 2.75) is 32.4 Å². The van der Waals surface area contributed by atoms with Crippen molar-refractivity contribution in [1.82, 2.24) is 8.97 Å². The molecule has 1 atom stereocenters. The second kappa shape index (κ2) is 6.60. The van der Waals surface area contributed by atoms with Gasteiger partial charge in [-0.15, -0.1) is 0 Å². The second-order valence-corrected chi connectivity index (χ2v) is 7.23. The highest BCUT2D eigenvalue weighted by Crippen LogP contribution is 2.23. The molecule has 6 nitrogen and oxygen atoms in total. The molecule has 0 aliphatic carbocycles. The molecule has 3 heterocycles. The van der Waals surface area contributed by atoms with Gasteiger partial charge >= 0.3 is 0 Å². The molecule has 2 aromatic heterocycles. The van der Waals surface area contributed by atoms with Crippen molar-refractivity contribution in [2.75, 3.05) is 19.6 Å². The van der Waals surface area contributed by atoms with E-state index in [4.69, 9.17) is 0 Å². The van der Waals surface area contributed by atoms with Crippen LogP contribution in [0, 0.1) is 18.3 Å². The lowest BCUT2D eigenvalue weighted by Gasteiger charge is -2.18. The van der Waals surface area contributed by atoms with Crippen molar-refractivity contribution in [2.24, 2.45) is 0 Å². The zero-order valence-corrected chi connectivity index (χ0v) is 14.9. The molecule has 0 spiro atoms. The van der Waals surface area contributed by atoms with Crippen LogP contribution in [0.15, 0.2) is 35.1 Å². The monoisotopic (exact) mass is 351 g/mol. The van der Waals surface area contributed by atoms with Crippen LogP contribution in [-0.4, -0.2) is 39.8 Å². The van der Waals surface area contributed by atoms with Crippen molar-refractivity contribution in [3.63, 3.8) is 0 Å². The number of nitrogens with one attached hydrogen (secondary N) is 1. The summed E-state index contributed by atoms with van der Waals surface area (Å²) in [6, 6.07) is 11.4. The summed E-state index contributed by atoms with van der Waals surface area (Å²) in [4.78, 5) is 14.1. The zero-order valence-electron chi connectivity index (χ0n) is 14.9. The van der Waals surface area contributed by atoms with Gasteiger partial charge in [-0.25, -0.2) is 0 Å². The second-order valence-electron chi connectivity index (χ2n) is 7.23. The number of imidazole rings is 1. The van der Waals surface area contributed by atoms with E-state index in [-0.39, 0.29) is 5.56 Å². The van der Waals surface area contributed by atoms with Crippen LogP contribution in [0.4, 0.5) is 0 Å². The number of pyridine rings is 1. The molecule has 134 valence electrons. The van der Waals surface area contributed by atoms with E-state index in [9.17, 15) is 15.2 Å². The standard InChI is InChI=1S/C20H22N4O2/c1-14-10-19(26)24-18-7-3-2-6-17(18)23(20(24)16(14)11-21)13-15(25)12-22-8-4-5-9-22/h2-3,6-7,10,15,25H,4-5,8-9,12-13H2,1H3/p+1/t15-/m0/s1. The van der Waals surface area contributed by atoms with Gasteiger partial charge in [-0.1, -0.05) is 12.1 Å². The highest BCUT2D eigenvalue weighted by atomic mass is 16.3. The van der Waals surface area contributed by atoms with Gasteiger partial charge in [0, 0.05) is 18.9 Å². The number of hydrogen-bond acceptors (Lipinski definition) is 3. The highest BCUT2D eigenvalue weighted by molar-refractivity contribution is 5.84. The fourth-order valence-electron chi connectivity index (χ4n) is 4.21. The predicted octanol–water partition coefficient (Wildman–Crippen LogP) is 0.474. The maximum atomic E-state index is 12.6. The first-order valence-electron chi connectivity index (χ1n) is 9.15. The molecule has 1 aromatic carbocycles. The molecule has 26 heavy (non-hydrogen) atoms. The molecule has 4 rings (SSSR count).